The van der Waals surface area contributed by atoms with Crippen LogP contribution in [-0.4, -0.2) is 45.5 Å². The summed E-state index contributed by atoms with van der Waals surface area (Å²) in [6, 6.07) is 10.1. The molecule has 8 heteroatoms. The van der Waals surface area contributed by atoms with Crippen molar-refractivity contribution in [3.8, 4) is 23.8 Å². The van der Waals surface area contributed by atoms with Gasteiger partial charge >= 0.3 is 0 Å². The minimum absolute atomic E-state index is 0.0763. The molecule has 1 saturated carbocycles. The van der Waals surface area contributed by atoms with Crippen LogP contribution in [0.2, 0.25) is 0 Å². The lowest BCUT2D eigenvalue weighted by molar-refractivity contribution is 0.0593. The van der Waals surface area contributed by atoms with E-state index in [1.54, 1.807) is 12.1 Å². The van der Waals surface area contributed by atoms with Gasteiger partial charge in [0.2, 0.25) is 10.0 Å². The monoisotopic (exact) mass is 480 g/mol. The molecule has 3 aliphatic rings. The molecule has 1 atom stereocenters. The number of carbonyl (C=O) groups is 1. The number of sulfonamides is 1. The van der Waals surface area contributed by atoms with E-state index in [0.717, 1.165) is 42.7 Å². The smallest absolute Gasteiger partial charge is 0.254 e. The van der Waals surface area contributed by atoms with Crippen molar-refractivity contribution in [3.05, 3.63) is 53.1 Å². The van der Waals surface area contributed by atoms with E-state index in [-0.39, 0.29) is 28.8 Å². The minimum atomic E-state index is -3.71. The first-order valence-corrected chi connectivity index (χ1v) is 13.1. The quantitative estimate of drug-likeness (QED) is 0.678. The number of amides is 1. The average molecular weight is 481 g/mol. The van der Waals surface area contributed by atoms with Crippen LogP contribution < -0.4 is 14.2 Å². The molecule has 2 heterocycles. The Kier molecular flexibility index (Phi) is 5.78. The Bertz CT molecular complexity index is 1260. The van der Waals surface area contributed by atoms with Gasteiger partial charge in [0.1, 0.15) is 13.2 Å². The van der Waals surface area contributed by atoms with Gasteiger partial charge in [0.25, 0.3) is 5.91 Å². The van der Waals surface area contributed by atoms with Crippen LogP contribution in [0.3, 0.4) is 0 Å². The molecule has 1 aliphatic carbocycles. The van der Waals surface area contributed by atoms with Crippen LogP contribution in [0.25, 0.3) is 0 Å². The molecular formula is C26H28N2O5S. The van der Waals surface area contributed by atoms with E-state index in [4.69, 9.17) is 15.9 Å². The van der Waals surface area contributed by atoms with Gasteiger partial charge in [0.15, 0.2) is 11.5 Å². The molecule has 1 amide bonds. The number of ether oxygens (including phenoxy) is 2. The lowest BCUT2D eigenvalue weighted by atomic mass is 9.71. The van der Waals surface area contributed by atoms with E-state index in [1.807, 2.05) is 17.9 Å². The van der Waals surface area contributed by atoms with Gasteiger partial charge in [0.05, 0.1) is 17.5 Å². The molecule has 7 nitrogen and oxygen atoms in total. The van der Waals surface area contributed by atoms with E-state index >= 15 is 0 Å². The van der Waals surface area contributed by atoms with Gasteiger partial charge in [-0.3, -0.25) is 4.79 Å². The number of terminal acetylenes is 1. The summed E-state index contributed by atoms with van der Waals surface area (Å²) in [4.78, 5) is 15.7. The van der Waals surface area contributed by atoms with Crippen LogP contribution >= 0.6 is 0 Å². The number of hydrogen-bond acceptors (Lipinski definition) is 5. The second-order valence-electron chi connectivity index (χ2n) is 9.23. The lowest BCUT2D eigenvalue weighted by Crippen LogP contribution is -2.48. The van der Waals surface area contributed by atoms with Crippen LogP contribution in [-0.2, 0) is 15.4 Å². The Balaban J connectivity index is 1.48. The van der Waals surface area contributed by atoms with Crippen LogP contribution in [0.4, 0.5) is 0 Å². The normalized spacial score (nSPS) is 20.6. The highest BCUT2D eigenvalue weighted by molar-refractivity contribution is 7.89. The molecule has 1 N–H and O–H groups in total. The maximum atomic E-state index is 13.7. The van der Waals surface area contributed by atoms with Gasteiger partial charge < -0.3 is 14.4 Å². The Morgan fingerprint density at radius 1 is 1.15 bits per heavy atom. The Morgan fingerprint density at radius 3 is 2.44 bits per heavy atom. The fourth-order valence-corrected chi connectivity index (χ4v) is 6.45. The van der Waals surface area contributed by atoms with Crippen molar-refractivity contribution in [1.29, 1.82) is 0 Å². The number of nitrogens with one attached hydrogen (secondary N) is 1. The molecule has 2 aromatic rings. The zero-order valence-electron chi connectivity index (χ0n) is 19.2. The Morgan fingerprint density at radius 2 is 1.79 bits per heavy atom. The molecule has 2 aliphatic heterocycles. The fourth-order valence-electron chi connectivity index (χ4n) is 5.51. The molecule has 0 bridgehead atoms. The summed E-state index contributed by atoms with van der Waals surface area (Å²) in [6.45, 7) is 3.64. The molecule has 178 valence electrons. The van der Waals surface area contributed by atoms with Crippen LogP contribution in [0.1, 0.15) is 60.1 Å². The summed E-state index contributed by atoms with van der Waals surface area (Å²) in [5.41, 5.74) is 2.72. The van der Waals surface area contributed by atoms with Crippen LogP contribution in [0.15, 0.2) is 41.3 Å². The van der Waals surface area contributed by atoms with Gasteiger partial charge in [-0.05, 0) is 67.3 Å². The zero-order chi connectivity index (χ0) is 23.9. The highest BCUT2D eigenvalue weighted by Crippen LogP contribution is 2.52. The molecule has 5 rings (SSSR count). The molecule has 0 radical (unpaired) electrons. The van der Waals surface area contributed by atoms with Crippen molar-refractivity contribution in [2.75, 3.05) is 26.3 Å². The molecular weight excluding hydrogens is 452 g/mol. The third kappa shape index (κ3) is 3.83. The van der Waals surface area contributed by atoms with Crippen molar-refractivity contribution in [3.63, 3.8) is 0 Å². The Labute approximate surface area is 200 Å². The number of hydrogen-bond donors (Lipinski definition) is 1. The number of benzene rings is 2. The van der Waals surface area contributed by atoms with Crippen molar-refractivity contribution >= 4 is 15.9 Å². The molecule has 34 heavy (non-hydrogen) atoms. The molecule has 0 aromatic heterocycles. The Hall–Kier alpha value is -3.02. The van der Waals surface area contributed by atoms with Crippen LogP contribution in [0, 0.1) is 12.3 Å². The third-order valence-corrected chi connectivity index (χ3v) is 8.69. The summed E-state index contributed by atoms with van der Waals surface area (Å²) in [5.74, 6) is 3.66. The van der Waals surface area contributed by atoms with Crippen molar-refractivity contribution in [1.82, 2.24) is 9.62 Å². The van der Waals surface area contributed by atoms with Gasteiger partial charge in [-0.25, -0.2) is 8.42 Å². The molecule has 2 aromatic carbocycles. The number of fused-ring (bicyclic) bond motifs is 3. The standard InChI is InChI=1S/C26H28N2O5S/c1-3-12-27-34(30,31)20-8-6-19(7-9-20)25(29)28-17-26(10-4-5-11-26)22-16-24-23(32-13-14-33-24)15-21(22)18(28)2/h1,6-9,15-16,18,27H,4-5,10-14,17H2,2H3/t18-/m1/s1. The molecule has 1 spiro atoms. The zero-order valence-corrected chi connectivity index (χ0v) is 20.0. The summed E-state index contributed by atoms with van der Waals surface area (Å²) < 4.78 is 38.7. The maximum absolute atomic E-state index is 13.7. The molecule has 1 fully saturated rings. The van der Waals surface area contributed by atoms with E-state index in [0.29, 0.717) is 25.3 Å². The number of nitrogens with zero attached hydrogens (tertiary/aromatic N) is 1. The molecule has 0 saturated heterocycles. The highest BCUT2D eigenvalue weighted by Gasteiger charge is 2.46. The van der Waals surface area contributed by atoms with Gasteiger partial charge in [-0.15, -0.1) is 6.42 Å². The van der Waals surface area contributed by atoms with Gasteiger partial charge in [-0.2, -0.15) is 4.72 Å². The number of rotatable bonds is 4. The van der Waals surface area contributed by atoms with E-state index < -0.39 is 10.0 Å². The largest absolute Gasteiger partial charge is 0.486 e. The SMILES string of the molecule is C#CCNS(=O)(=O)c1ccc(C(=O)N2CC3(CCCC3)c3cc4c(cc3[C@H]2C)OCCO4)cc1. The minimum Gasteiger partial charge on any atom is -0.486 e. The second-order valence-corrected chi connectivity index (χ2v) is 11.0. The summed E-state index contributed by atoms with van der Waals surface area (Å²) in [5, 5.41) is 0. The van der Waals surface area contributed by atoms with Gasteiger partial charge in [0, 0.05) is 17.5 Å². The predicted molar refractivity (Wildman–Crippen MR) is 127 cm³/mol. The highest BCUT2D eigenvalue weighted by atomic mass is 32.2. The first-order chi connectivity index (χ1) is 16.3. The van der Waals surface area contributed by atoms with Crippen molar-refractivity contribution in [2.24, 2.45) is 0 Å². The third-order valence-electron chi connectivity index (χ3n) is 7.27. The fraction of sp³-hybridized carbons (Fsp3) is 0.423. The van der Waals surface area contributed by atoms with Crippen molar-refractivity contribution < 1.29 is 22.7 Å². The topological polar surface area (TPSA) is 84.9 Å². The lowest BCUT2D eigenvalue weighted by Gasteiger charge is -2.46. The summed E-state index contributed by atoms with van der Waals surface area (Å²) in [7, 11) is -3.71. The van der Waals surface area contributed by atoms with E-state index in [2.05, 4.69) is 16.7 Å². The van der Waals surface area contributed by atoms with Crippen molar-refractivity contribution in [2.45, 2.75) is 49.0 Å². The average Bonchev–Trinajstić information content (AvgIpc) is 3.33. The second kappa shape index (κ2) is 8.64. The molecule has 0 unspecified atom stereocenters. The summed E-state index contributed by atoms with van der Waals surface area (Å²) in [6.07, 6.45) is 9.45. The maximum Gasteiger partial charge on any atom is 0.254 e. The number of carbonyl (C=O) groups excluding carboxylic acids is 1. The van der Waals surface area contributed by atoms with Gasteiger partial charge in [-0.1, -0.05) is 18.8 Å². The van der Waals surface area contributed by atoms with E-state index in [9.17, 15) is 13.2 Å². The first kappa shape index (κ1) is 22.8. The predicted octanol–water partition coefficient (Wildman–Crippen LogP) is 3.40. The first-order valence-electron chi connectivity index (χ1n) is 11.6. The van der Waals surface area contributed by atoms with E-state index in [1.165, 1.54) is 17.7 Å². The van der Waals surface area contributed by atoms with Crippen LogP contribution in [0.5, 0.6) is 11.5 Å². The summed E-state index contributed by atoms with van der Waals surface area (Å²) >= 11 is 0.